The molecule has 5 heteroatoms. The van der Waals surface area contributed by atoms with Crippen molar-refractivity contribution in [3.63, 3.8) is 0 Å². The molecule has 0 heterocycles. The Kier molecular flexibility index (Phi) is 7.17. The van der Waals surface area contributed by atoms with Crippen LogP contribution in [0, 0.1) is 0 Å². The zero-order valence-corrected chi connectivity index (χ0v) is 11.9. The van der Waals surface area contributed by atoms with E-state index in [1.807, 2.05) is 24.3 Å². The Morgan fingerprint density at radius 1 is 1.25 bits per heavy atom. The van der Waals surface area contributed by atoms with E-state index in [1.165, 1.54) is 0 Å². The number of benzene rings is 1. The molecule has 0 unspecified atom stereocenters. The Hall–Kier alpha value is -2.04. The maximum absolute atomic E-state index is 11.6. The van der Waals surface area contributed by atoms with Crippen LogP contribution in [0.4, 0.5) is 5.69 Å². The number of anilines is 1. The third kappa shape index (κ3) is 6.22. The predicted molar refractivity (Wildman–Crippen MR) is 78.1 cm³/mol. The van der Waals surface area contributed by atoms with Gasteiger partial charge in [0.05, 0.1) is 6.61 Å². The molecule has 5 nitrogen and oxygen atoms in total. The van der Waals surface area contributed by atoms with Gasteiger partial charge in [0, 0.05) is 25.1 Å². The van der Waals surface area contributed by atoms with Crippen molar-refractivity contribution in [2.45, 2.75) is 32.6 Å². The number of carbonyl (C=O) groups is 2. The van der Waals surface area contributed by atoms with Gasteiger partial charge in [-0.05, 0) is 31.4 Å². The standard InChI is InChI=1S/C15H22N2O3/c1-2-20-15(19)8-5-11-17-14(18)10-9-12-6-3-4-7-13(12)16/h3-4,6-7H,2,5,8-11,16H2,1H3,(H,17,18). The van der Waals surface area contributed by atoms with Gasteiger partial charge in [0.25, 0.3) is 0 Å². The van der Waals surface area contributed by atoms with Gasteiger partial charge in [-0.15, -0.1) is 0 Å². The first kappa shape index (κ1) is 16.0. The van der Waals surface area contributed by atoms with Gasteiger partial charge < -0.3 is 15.8 Å². The molecule has 0 aliphatic carbocycles. The van der Waals surface area contributed by atoms with Crippen molar-refractivity contribution in [2.24, 2.45) is 0 Å². The monoisotopic (exact) mass is 278 g/mol. The number of nitrogen functional groups attached to an aromatic ring is 1. The van der Waals surface area contributed by atoms with E-state index in [-0.39, 0.29) is 11.9 Å². The van der Waals surface area contributed by atoms with Crippen molar-refractivity contribution in [1.29, 1.82) is 0 Å². The van der Waals surface area contributed by atoms with Gasteiger partial charge >= 0.3 is 5.97 Å². The number of hydrogen-bond acceptors (Lipinski definition) is 4. The van der Waals surface area contributed by atoms with E-state index in [9.17, 15) is 9.59 Å². The number of ether oxygens (including phenoxy) is 1. The molecule has 0 radical (unpaired) electrons. The largest absolute Gasteiger partial charge is 0.466 e. The summed E-state index contributed by atoms with van der Waals surface area (Å²) >= 11 is 0. The number of esters is 1. The number of para-hydroxylation sites is 1. The van der Waals surface area contributed by atoms with Crippen LogP contribution in [0.3, 0.4) is 0 Å². The van der Waals surface area contributed by atoms with Gasteiger partial charge in [-0.25, -0.2) is 0 Å². The van der Waals surface area contributed by atoms with Gasteiger partial charge in [0.1, 0.15) is 0 Å². The average molecular weight is 278 g/mol. The van der Waals surface area contributed by atoms with Crippen molar-refractivity contribution in [2.75, 3.05) is 18.9 Å². The van der Waals surface area contributed by atoms with Crippen molar-refractivity contribution in [3.8, 4) is 0 Å². The zero-order valence-electron chi connectivity index (χ0n) is 11.9. The van der Waals surface area contributed by atoms with Crippen LogP contribution >= 0.6 is 0 Å². The third-order valence-corrected chi connectivity index (χ3v) is 2.86. The molecule has 0 fully saturated rings. The number of nitrogens with two attached hydrogens (primary N) is 1. The quantitative estimate of drug-likeness (QED) is 0.430. The summed E-state index contributed by atoms with van der Waals surface area (Å²) in [4.78, 5) is 22.7. The fourth-order valence-corrected chi connectivity index (χ4v) is 1.79. The summed E-state index contributed by atoms with van der Waals surface area (Å²) in [7, 11) is 0. The first-order chi connectivity index (χ1) is 9.63. The highest BCUT2D eigenvalue weighted by Gasteiger charge is 2.05. The molecule has 3 N–H and O–H groups in total. The van der Waals surface area contributed by atoms with Gasteiger partial charge in [-0.3, -0.25) is 9.59 Å². The Balaban J connectivity index is 2.15. The molecule has 1 aromatic rings. The molecule has 0 bridgehead atoms. The fourth-order valence-electron chi connectivity index (χ4n) is 1.79. The number of nitrogens with one attached hydrogen (secondary N) is 1. The Bertz CT molecular complexity index is 446. The van der Waals surface area contributed by atoms with Crippen LogP contribution in [-0.4, -0.2) is 25.0 Å². The second kappa shape index (κ2) is 8.96. The van der Waals surface area contributed by atoms with E-state index in [1.54, 1.807) is 6.92 Å². The molecule has 1 rings (SSSR count). The lowest BCUT2D eigenvalue weighted by Gasteiger charge is -2.07. The molecule has 0 saturated heterocycles. The van der Waals surface area contributed by atoms with Crippen LogP contribution in [-0.2, 0) is 20.7 Å². The topological polar surface area (TPSA) is 81.4 Å². The highest BCUT2D eigenvalue weighted by Crippen LogP contribution is 2.12. The first-order valence-corrected chi connectivity index (χ1v) is 6.89. The highest BCUT2D eigenvalue weighted by atomic mass is 16.5. The average Bonchev–Trinajstić information content (AvgIpc) is 2.43. The highest BCUT2D eigenvalue weighted by molar-refractivity contribution is 5.76. The molecule has 0 saturated carbocycles. The van der Waals surface area contributed by atoms with Crippen molar-refractivity contribution < 1.29 is 14.3 Å². The van der Waals surface area contributed by atoms with Gasteiger partial charge in [-0.1, -0.05) is 18.2 Å². The van der Waals surface area contributed by atoms with Crippen LogP contribution in [0.2, 0.25) is 0 Å². The minimum absolute atomic E-state index is 0.0305. The Morgan fingerprint density at radius 3 is 2.70 bits per heavy atom. The predicted octanol–water partition coefficient (Wildman–Crippen LogP) is 1.66. The van der Waals surface area contributed by atoms with Gasteiger partial charge in [-0.2, -0.15) is 0 Å². The third-order valence-electron chi connectivity index (χ3n) is 2.86. The molecule has 110 valence electrons. The number of amides is 1. The molecule has 1 amide bonds. The van der Waals surface area contributed by atoms with Gasteiger partial charge in [0.15, 0.2) is 0 Å². The molecule has 0 aromatic heterocycles. The fraction of sp³-hybridized carbons (Fsp3) is 0.467. The normalized spacial score (nSPS) is 10.1. The lowest BCUT2D eigenvalue weighted by molar-refractivity contribution is -0.143. The number of carbonyl (C=O) groups excluding carboxylic acids is 2. The molecule has 0 spiro atoms. The number of rotatable bonds is 8. The maximum Gasteiger partial charge on any atom is 0.305 e. The van der Waals surface area contributed by atoms with E-state index in [0.717, 1.165) is 5.56 Å². The van der Waals surface area contributed by atoms with Crippen LogP contribution < -0.4 is 11.1 Å². The molecule has 1 aromatic carbocycles. The van der Waals surface area contributed by atoms with Crippen molar-refractivity contribution in [1.82, 2.24) is 5.32 Å². The summed E-state index contributed by atoms with van der Waals surface area (Å²) in [5.74, 6) is -0.254. The number of hydrogen-bond donors (Lipinski definition) is 2. The minimum atomic E-state index is -0.223. The van der Waals surface area contributed by atoms with E-state index in [4.69, 9.17) is 10.5 Å². The first-order valence-electron chi connectivity index (χ1n) is 6.89. The smallest absolute Gasteiger partial charge is 0.305 e. The molecule has 20 heavy (non-hydrogen) atoms. The zero-order chi connectivity index (χ0) is 14.8. The summed E-state index contributed by atoms with van der Waals surface area (Å²) in [6, 6.07) is 7.52. The van der Waals surface area contributed by atoms with E-state index in [2.05, 4.69) is 5.32 Å². The lowest BCUT2D eigenvalue weighted by atomic mass is 10.1. The van der Waals surface area contributed by atoms with Crippen LogP contribution in [0.15, 0.2) is 24.3 Å². The maximum atomic E-state index is 11.6. The van der Waals surface area contributed by atoms with Crippen molar-refractivity contribution >= 4 is 17.6 Å². The van der Waals surface area contributed by atoms with E-state index < -0.39 is 0 Å². The Labute approximate surface area is 119 Å². The Morgan fingerprint density at radius 2 is 2.00 bits per heavy atom. The molecule has 0 atom stereocenters. The SMILES string of the molecule is CCOC(=O)CCCNC(=O)CCc1ccccc1N. The summed E-state index contributed by atoms with van der Waals surface area (Å²) in [5.41, 5.74) is 7.50. The molecule has 0 aliphatic heterocycles. The summed E-state index contributed by atoms with van der Waals surface area (Å²) in [5, 5.41) is 2.78. The van der Waals surface area contributed by atoms with Crippen LogP contribution in [0.25, 0.3) is 0 Å². The van der Waals surface area contributed by atoms with Gasteiger partial charge in [0.2, 0.25) is 5.91 Å². The molecule has 0 aliphatic rings. The second-order valence-electron chi connectivity index (χ2n) is 4.46. The second-order valence-corrected chi connectivity index (χ2v) is 4.46. The minimum Gasteiger partial charge on any atom is -0.466 e. The summed E-state index contributed by atoms with van der Waals surface area (Å²) in [6.45, 7) is 2.65. The molecular weight excluding hydrogens is 256 g/mol. The molecular formula is C15H22N2O3. The summed E-state index contributed by atoms with van der Waals surface area (Å²) in [6.07, 6.45) is 1.95. The van der Waals surface area contributed by atoms with E-state index >= 15 is 0 Å². The lowest BCUT2D eigenvalue weighted by Crippen LogP contribution is -2.25. The van der Waals surface area contributed by atoms with Crippen molar-refractivity contribution in [3.05, 3.63) is 29.8 Å². The van der Waals surface area contributed by atoms with Crippen LogP contribution in [0.1, 0.15) is 31.7 Å². The van der Waals surface area contributed by atoms with E-state index in [0.29, 0.717) is 44.5 Å². The summed E-state index contributed by atoms with van der Waals surface area (Å²) < 4.78 is 4.80. The van der Waals surface area contributed by atoms with Crippen LogP contribution in [0.5, 0.6) is 0 Å². The number of aryl methyl sites for hydroxylation is 1.